The van der Waals surface area contributed by atoms with Crippen LogP contribution in [0.3, 0.4) is 0 Å². The summed E-state index contributed by atoms with van der Waals surface area (Å²) in [6.45, 7) is 2.52. The lowest BCUT2D eigenvalue weighted by Gasteiger charge is -2.21. The van der Waals surface area contributed by atoms with Crippen LogP contribution in [0.5, 0.6) is 0 Å². The van der Waals surface area contributed by atoms with Crippen molar-refractivity contribution in [2.75, 3.05) is 13.1 Å². The SMILES string of the molecule is Cn1cnnc1CNC(=O)CC1CCNCC1. The molecule has 94 valence electrons. The number of hydrogen-bond acceptors (Lipinski definition) is 4. The molecule has 0 unspecified atom stereocenters. The Bertz CT molecular complexity index is 370. The second-order valence-electron chi connectivity index (χ2n) is 4.53. The molecule has 2 heterocycles. The van der Waals surface area contributed by atoms with Gasteiger partial charge in [-0.2, -0.15) is 0 Å². The van der Waals surface area contributed by atoms with E-state index < -0.39 is 0 Å². The number of carbonyl (C=O) groups is 1. The predicted molar refractivity (Wildman–Crippen MR) is 63.1 cm³/mol. The molecule has 0 bridgehead atoms. The zero-order valence-electron chi connectivity index (χ0n) is 10.1. The highest BCUT2D eigenvalue weighted by Crippen LogP contribution is 2.15. The molecule has 0 atom stereocenters. The molecule has 2 rings (SSSR count). The van der Waals surface area contributed by atoms with Gasteiger partial charge < -0.3 is 15.2 Å². The van der Waals surface area contributed by atoms with Crippen molar-refractivity contribution in [3.8, 4) is 0 Å². The monoisotopic (exact) mass is 237 g/mol. The minimum atomic E-state index is 0.111. The quantitative estimate of drug-likeness (QED) is 0.762. The van der Waals surface area contributed by atoms with Crippen molar-refractivity contribution >= 4 is 5.91 Å². The van der Waals surface area contributed by atoms with E-state index in [0.29, 0.717) is 18.9 Å². The molecule has 1 aromatic rings. The Hall–Kier alpha value is -1.43. The summed E-state index contributed by atoms with van der Waals surface area (Å²) >= 11 is 0. The molecule has 17 heavy (non-hydrogen) atoms. The van der Waals surface area contributed by atoms with Gasteiger partial charge >= 0.3 is 0 Å². The van der Waals surface area contributed by atoms with Gasteiger partial charge in [0.05, 0.1) is 6.54 Å². The van der Waals surface area contributed by atoms with Gasteiger partial charge in [0.15, 0.2) is 5.82 Å². The highest BCUT2D eigenvalue weighted by molar-refractivity contribution is 5.76. The van der Waals surface area contributed by atoms with Crippen LogP contribution in [0.1, 0.15) is 25.1 Å². The van der Waals surface area contributed by atoms with Gasteiger partial charge in [-0.15, -0.1) is 10.2 Å². The van der Waals surface area contributed by atoms with Crippen molar-refractivity contribution in [1.29, 1.82) is 0 Å². The van der Waals surface area contributed by atoms with Crippen LogP contribution in [0.25, 0.3) is 0 Å². The smallest absolute Gasteiger partial charge is 0.220 e. The van der Waals surface area contributed by atoms with Crippen molar-refractivity contribution in [3.05, 3.63) is 12.2 Å². The number of aryl methyl sites for hydroxylation is 1. The number of carbonyl (C=O) groups excluding carboxylic acids is 1. The van der Waals surface area contributed by atoms with Crippen molar-refractivity contribution in [2.24, 2.45) is 13.0 Å². The van der Waals surface area contributed by atoms with E-state index in [2.05, 4.69) is 20.8 Å². The van der Waals surface area contributed by atoms with Gasteiger partial charge in [-0.05, 0) is 31.8 Å². The summed E-state index contributed by atoms with van der Waals surface area (Å²) in [7, 11) is 1.87. The number of aromatic nitrogens is 3. The van der Waals surface area contributed by atoms with Crippen LogP contribution in [0.4, 0.5) is 0 Å². The molecule has 1 amide bonds. The summed E-state index contributed by atoms with van der Waals surface area (Å²) in [5.74, 6) is 1.42. The fraction of sp³-hybridized carbons (Fsp3) is 0.727. The molecule has 6 nitrogen and oxygen atoms in total. The number of amides is 1. The van der Waals surface area contributed by atoms with Gasteiger partial charge in [-0.1, -0.05) is 0 Å². The van der Waals surface area contributed by atoms with Gasteiger partial charge in [0.25, 0.3) is 0 Å². The van der Waals surface area contributed by atoms with Gasteiger partial charge in [0.2, 0.25) is 5.91 Å². The third-order valence-electron chi connectivity index (χ3n) is 3.18. The molecule has 1 fully saturated rings. The number of rotatable bonds is 4. The van der Waals surface area contributed by atoms with Crippen LogP contribution in [-0.4, -0.2) is 33.8 Å². The number of hydrogen-bond donors (Lipinski definition) is 2. The molecule has 1 saturated heterocycles. The zero-order valence-corrected chi connectivity index (χ0v) is 10.1. The lowest BCUT2D eigenvalue weighted by molar-refractivity contribution is -0.122. The molecule has 6 heteroatoms. The van der Waals surface area contributed by atoms with Crippen LogP contribution in [-0.2, 0) is 18.4 Å². The van der Waals surface area contributed by atoms with E-state index in [1.54, 1.807) is 6.33 Å². The second kappa shape index (κ2) is 5.77. The molecule has 0 spiro atoms. The van der Waals surface area contributed by atoms with E-state index in [-0.39, 0.29) is 5.91 Å². The first-order chi connectivity index (χ1) is 8.25. The van der Waals surface area contributed by atoms with Crippen LogP contribution < -0.4 is 10.6 Å². The molecule has 1 aliphatic rings. The molecule has 0 saturated carbocycles. The largest absolute Gasteiger partial charge is 0.349 e. The normalized spacial score (nSPS) is 17.0. The minimum Gasteiger partial charge on any atom is -0.349 e. The molecule has 1 aliphatic heterocycles. The third kappa shape index (κ3) is 3.52. The number of nitrogens with zero attached hydrogens (tertiary/aromatic N) is 3. The maximum Gasteiger partial charge on any atom is 0.220 e. The Morgan fingerprint density at radius 2 is 2.35 bits per heavy atom. The summed E-state index contributed by atoms with van der Waals surface area (Å²) < 4.78 is 1.81. The van der Waals surface area contributed by atoms with E-state index >= 15 is 0 Å². The predicted octanol–water partition coefficient (Wildman–Crippen LogP) is -0.179. The second-order valence-corrected chi connectivity index (χ2v) is 4.53. The Balaban J connectivity index is 1.72. The van der Waals surface area contributed by atoms with Crippen LogP contribution in [0.15, 0.2) is 6.33 Å². The Morgan fingerprint density at radius 3 is 3.00 bits per heavy atom. The van der Waals surface area contributed by atoms with Gasteiger partial charge in [0, 0.05) is 13.5 Å². The van der Waals surface area contributed by atoms with E-state index in [1.165, 1.54) is 0 Å². The lowest BCUT2D eigenvalue weighted by atomic mass is 9.94. The summed E-state index contributed by atoms with van der Waals surface area (Å²) in [4.78, 5) is 11.7. The van der Waals surface area contributed by atoms with E-state index in [9.17, 15) is 4.79 Å². The zero-order chi connectivity index (χ0) is 12.1. The maximum absolute atomic E-state index is 11.7. The molecule has 2 N–H and O–H groups in total. The summed E-state index contributed by atoms with van der Waals surface area (Å²) in [5, 5.41) is 13.9. The van der Waals surface area contributed by atoms with Crippen molar-refractivity contribution < 1.29 is 4.79 Å². The molecular formula is C11H19N5O. The molecule has 0 radical (unpaired) electrons. The molecule has 1 aromatic heterocycles. The average Bonchev–Trinajstić information content (AvgIpc) is 2.74. The maximum atomic E-state index is 11.7. The fourth-order valence-electron chi connectivity index (χ4n) is 2.06. The van der Waals surface area contributed by atoms with Crippen LogP contribution in [0.2, 0.25) is 0 Å². The van der Waals surface area contributed by atoms with E-state index in [4.69, 9.17) is 0 Å². The summed E-state index contributed by atoms with van der Waals surface area (Å²) in [5.41, 5.74) is 0. The van der Waals surface area contributed by atoms with Gasteiger partial charge in [-0.25, -0.2) is 0 Å². The average molecular weight is 237 g/mol. The first-order valence-electron chi connectivity index (χ1n) is 6.06. The van der Waals surface area contributed by atoms with Gasteiger partial charge in [0.1, 0.15) is 6.33 Å². The Kier molecular flexibility index (Phi) is 4.08. The Morgan fingerprint density at radius 1 is 1.59 bits per heavy atom. The minimum absolute atomic E-state index is 0.111. The molecule has 0 aliphatic carbocycles. The topological polar surface area (TPSA) is 71.8 Å². The van der Waals surface area contributed by atoms with Crippen molar-refractivity contribution in [3.63, 3.8) is 0 Å². The number of nitrogens with one attached hydrogen (secondary N) is 2. The van der Waals surface area contributed by atoms with Crippen molar-refractivity contribution in [2.45, 2.75) is 25.8 Å². The third-order valence-corrected chi connectivity index (χ3v) is 3.18. The van der Waals surface area contributed by atoms with Gasteiger partial charge in [-0.3, -0.25) is 4.79 Å². The lowest BCUT2D eigenvalue weighted by Crippen LogP contribution is -2.32. The summed E-state index contributed by atoms with van der Waals surface area (Å²) in [6.07, 6.45) is 4.45. The summed E-state index contributed by atoms with van der Waals surface area (Å²) in [6, 6.07) is 0. The highest BCUT2D eigenvalue weighted by atomic mass is 16.1. The first kappa shape index (κ1) is 12.0. The van der Waals surface area contributed by atoms with E-state index in [1.807, 2.05) is 11.6 Å². The Labute approximate surface area is 101 Å². The first-order valence-corrected chi connectivity index (χ1v) is 6.06. The van der Waals surface area contributed by atoms with Crippen LogP contribution in [0, 0.1) is 5.92 Å². The van der Waals surface area contributed by atoms with E-state index in [0.717, 1.165) is 31.8 Å². The molecular weight excluding hydrogens is 218 g/mol. The fourth-order valence-corrected chi connectivity index (χ4v) is 2.06. The van der Waals surface area contributed by atoms with Crippen molar-refractivity contribution in [1.82, 2.24) is 25.4 Å². The standard InChI is InChI=1S/C11H19N5O/c1-16-8-14-15-10(16)7-13-11(17)6-9-2-4-12-5-3-9/h8-9,12H,2-7H2,1H3,(H,13,17). The van der Waals surface area contributed by atoms with Crippen LogP contribution >= 0.6 is 0 Å². The number of piperidine rings is 1. The molecule has 0 aromatic carbocycles. The highest BCUT2D eigenvalue weighted by Gasteiger charge is 2.16.